The third-order valence-electron chi connectivity index (χ3n) is 4.22. The number of hydrogen-bond donors (Lipinski definition) is 1. The number of amides is 1. The number of hydrogen-bond acceptors (Lipinski definition) is 2. The maximum absolute atomic E-state index is 12.4. The van der Waals surface area contributed by atoms with E-state index in [1.807, 2.05) is 17.0 Å². The van der Waals surface area contributed by atoms with Gasteiger partial charge in [0.15, 0.2) is 0 Å². The summed E-state index contributed by atoms with van der Waals surface area (Å²) in [6.45, 7) is 5.75. The van der Waals surface area contributed by atoms with Crippen molar-refractivity contribution in [3.8, 4) is 0 Å². The molecule has 1 fully saturated rings. The first-order valence-electron chi connectivity index (χ1n) is 7.92. The highest BCUT2D eigenvalue weighted by molar-refractivity contribution is 9.10. The lowest BCUT2D eigenvalue weighted by Gasteiger charge is -2.25. The zero-order valence-corrected chi connectivity index (χ0v) is 14.4. The minimum absolute atomic E-state index is 0.288. The van der Waals surface area contributed by atoms with E-state index in [1.165, 1.54) is 18.4 Å². The van der Waals surface area contributed by atoms with Crippen LogP contribution in [-0.2, 0) is 11.3 Å². The fraction of sp³-hybridized carbons (Fsp3) is 0.588. The normalized spacial score (nSPS) is 15.9. The number of nitrogens with zero attached hydrogens (tertiary/aromatic N) is 1. The third-order valence-corrected chi connectivity index (χ3v) is 4.72. The molecule has 116 valence electrons. The van der Waals surface area contributed by atoms with Gasteiger partial charge in [-0.2, -0.15) is 0 Å². The van der Waals surface area contributed by atoms with Crippen molar-refractivity contribution in [3.63, 3.8) is 0 Å². The van der Waals surface area contributed by atoms with Gasteiger partial charge in [0.1, 0.15) is 0 Å². The summed E-state index contributed by atoms with van der Waals surface area (Å²) in [5.41, 5.74) is 1.18. The molecule has 1 aliphatic heterocycles. The molecule has 1 heterocycles. The van der Waals surface area contributed by atoms with Crippen molar-refractivity contribution in [2.24, 2.45) is 5.92 Å². The molecule has 0 unspecified atom stereocenters. The van der Waals surface area contributed by atoms with Crippen LogP contribution in [0.3, 0.4) is 0 Å². The standard InChI is InChI=1S/C17H25BrN2O/c1-2-20(13-15-4-3-5-16(18)12-15)17(21)7-6-14-8-10-19-11-9-14/h3-5,12,14,19H,2,6-11,13H2,1H3. The number of halogens is 1. The first-order valence-corrected chi connectivity index (χ1v) is 8.71. The number of carbonyl (C=O) groups is 1. The second kappa shape index (κ2) is 8.54. The van der Waals surface area contributed by atoms with Gasteiger partial charge in [0.2, 0.25) is 5.91 Å². The quantitative estimate of drug-likeness (QED) is 0.848. The van der Waals surface area contributed by atoms with Crippen LogP contribution in [0.5, 0.6) is 0 Å². The lowest BCUT2D eigenvalue weighted by atomic mass is 9.93. The van der Waals surface area contributed by atoms with Crippen LogP contribution in [0.1, 0.15) is 38.2 Å². The minimum atomic E-state index is 0.288. The fourth-order valence-corrected chi connectivity index (χ4v) is 3.33. The van der Waals surface area contributed by atoms with Gasteiger partial charge in [-0.15, -0.1) is 0 Å². The second-order valence-corrected chi connectivity index (χ2v) is 6.69. The van der Waals surface area contributed by atoms with Crippen molar-refractivity contribution in [3.05, 3.63) is 34.3 Å². The van der Waals surface area contributed by atoms with Crippen molar-refractivity contribution < 1.29 is 4.79 Å². The Kier molecular flexibility index (Phi) is 6.71. The molecular formula is C17H25BrN2O. The lowest BCUT2D eigenvalue weighted by molar-refractivity contribution is -0.132. The molecule has 3 nitrogen and oxygen atoms in total. The number of benzene rings is 1. The molecule has 0 spiro atoms. The van der Waals surface area contributed by atoms with Gasteiger partial charge in [0.25, 0.3) is 0 Å². The molecular weight excluding hydrogens is 328 g/mol. The predicted octanol–water partition coefficient (Wildman–Crippen LogP) is 3.58. The summed E-state index contributed by atoms with van der Waals surface area (Å²) in [6, 6.07) is 8.20. The van der Waals surface area contributed by atoms with Crippen LogP contribution in [0.15, 0.2) is 28.7 Å². The summed E-state index contributed by atoms with van der Waals surface area (Å²) in [5, 5.41) is 3.37. The number of nitrogens with one attached hydrogen (secondary N) is 1. The molecule has 1 aliphatic rings. The van der Waals surface area contributed by atoms with E-state index in [9.17, 15) is 4.79 Å². The van der Waals surface area contributed by atoms with Crippen LogP contribution >= 0.6 is 15.9 Å². The molecule has 1 aromatic carbocycles. The van der Waals surface area contributed by atoms with Crippen LogP contribution in [0.4, 0.5) is 0 Å². The average Bonchev–Trinajstić information content (AvgIpc) is 2.51. The van der Waals surface area contributed by atoms with E-state index in [-0.39, 0.29) is 5.91 Å². The summed E-state index contributed by atoms with van der Waals surface area (Å²) >= 11 is 3.48. The van der Waals surface area contributed by atoms with Gasteiger partial charge >= 0.3 is 0 Å². The third kappa shape index (κ3) is 5.44. The van der Waals surface area contributed by atoms with E-state index < -0.39 is 0 Å². The van der Waals surface area contributed by atoms with Crippen molar-refractivity contribution in [1.29, 1.82) is 0 Å². The van der Waals surface area contributed by atoms with Gasteiger partial charge in [0.05, 0.1) is 0 Å². The van der Waals surface area contributed by atoms with Crippen LogP contribution in [0.2, 0.25) is 0 Å². The van der Waals surface area contributed by atoms with Crippen molar-refractivity contribution in [2.75, 3.05) is 19.6 Å². The Morgan fingerprint density at radius 2 is 2.14 bits per heavy atom. The minimum Gasteiger partial charge on any atom is -0.339 e. The predicted molar refractivity (Wildman–Crippen MR) is 90.1 cm³/mol. The highest BCUT2D eigenvalue weighted by Gasteiger charge is 2.17. The van der Waals surface area contributed by atoms with Crippen molar-refractivity contribution in [2.45, 2.75) is 39.2 Å². The molecule has 1 saturated heterocycles. The zero-order valence-electron chi connectivity index (χ0n) is 12.8. The second-order valence-electron chi connectivity index (χ2n) is 5.77. The van der Waals surface area contributed by atoms with Gasteiger partial charge in [0, 0.05) is 24.0 Å². The molecule has 1 N–H and O–H groups in total. The average molecular weight is 353 g/mol. The van der Waals surface area contributed by atoms with E-state index in [0.29, 0.717) is 13.0 Å². The van der Waals surface area contributed by atoms with Crippen LogP contribution in [-0.4, -0.2) is 30.4 Å². The Morgan fingerprint density at radius 1 is 1.38 bits per heavy atom. The number of rotatable bonds is 6. The van der Waals surface area contributed by atoms with E-state index >= 15 is 0 Å². The Balaban J connectivity index is 1.83. The molecule has 2 rings (SSSR count). The summed E-state index contributed by atoms with van der Waals surface area (Å²) in [4.78, 5) is 14.4. The molecule has 21 heavy (non-hydrogen) atoms. The van der Waals surface area contributed by atoms with Crippen molar-refractivity contribution >= 4 is 21.8 Å². The molecule has 0 aromatic heterocycles. The summed E-state index contributed by atoms with van der Waals surface area (Å²) in [5.74, 6) is 1.01. The largest absolute Gasteiger partial charge is 0.339 e. The summed E-state index contributed by atoms with van der Waals surface area (Å²) in [7, 11) is 0. The highest BCUT2D eigenvalue weighted by atomic mass is 79.9. The maximum Gasteiger partial charge on any atom is 0.222 e. The van der Waals surface area contributed by atoms with Gasteiger partial charge in [-0.3, -0.25) is 4.79 Å². The zero-order chi connectivity index (χ0) is 15.1. The van der Waals surface area contributed by atoms with E-state index in [0.717, 1.165) is 36.4 Å². The smallest absolute Gasteiger partial charge is 0.222 e. The Morgan fingerprint density at radius 3 is 2.81 bits per heavy atom. The molecule has 0 radical (unpaired) electrons. The summed E-state index contributed by atoms with van der Waals surface area (Å²) < 4.78 is 1.07. The first kappa shape index (κ1) is 16.5. The highest BCUT2D eigenvalue weighted by Crippen LogP contribution is 2.19. The van der Waals surface area contributed by atoms with Gasteiger partial charge in [-0.25, -0.2) is 0 Å². The van der Waals surface area contributed by atoms with Gasteiger partial charge in [-0.05, 0) is 62.9 Å². The van der Waals surface area contributed by atoms with Crippen molar-refractivity contribution in [1.82, 2.24) is 10.2 Å². The fourth-order valence-electron chi connectivity index (χ4n) is 2.89. The van der Waals surface area contributed by atoms with Crippen LogP contribution in [0, 0.1) is 5.92 Å². The molecule has 0 atom stereocenters. The van der Waals surface area contributed by atoms with Gasteiger partial charge in [-0.1, -0.05) is 28.1 Å². The lowest BCUT2D eigenvalue weighted by Crippen LogP contribution is -2.32. The molecule has 0 saturated carbocycles. The molecule has 0 aliphatic carbocycles. The Labute approximate surface area is 136 Å². The molecule has 1 amide bonds. The van der Waals surface area contributed by atoms with E-state index in [2.05, 4.69) is 40.3 Å². The monoisotopic (exact) mass is 352 g/mol. The Bertz CT molecular complexity index is 458. The van der Waals surface area contributed by atoms with Gasteiger partial charge < -0.3 is 10.2 Å². The van der Waals surface area contributed by atoms with E-state index in [4.69, 9.17) is 0 Å². The topological polar surface area (TPSA) is 32.3 Å². The first-order chi connectivity index (χ1) is 10.2. The maximum atomic E-state index is 12.4. The SMILES string of the molecule is CCN(Cc1cccc(Br)c1)C(=O)CCC1CCNCC1. The molecule has 1 aromatic rings. The number of piperidine rings is 1. The summed E-state index contributed by atoms with van der Waals surface area (Å²) in [6.07, 6.45) is 4.15. The molecule has 0 bridgehead atoms. The number of carbonyl (C=O) groups excluding carboxylic acids is 1. The van der Waals surface area contributed by atoms with Crippen LogP contribution in [0.25, 0.3) is 0 Å². The van der Waals surface area contributed by atoms with E-state index in [1.54, 1.807) is 0 Å². The molecule has 4 heteroatoms. The van der Waals surface area contributed by atoms with Crippen LogP contribution < -0.4 is 5.32 Å². The Hall–Kier alpha value is -0.870.